The lowest BCUT2D eigenvalue weighted by atomic mass is 10.2. The second-order valence-corrected chi connectivity index (χ2v) is 11.9. The van der Waals surface area contributed by atoms with Crippen LogP contribution in [0.2, 0.25) is 0 Å². The van der Waals surface area contributed by atoms with E-state index < -0.39 is 0 Å². The molecule has 0 radical (unpaired) electrons. The molecule has 0 aliphatic rings. The summed E-state index contributed by atoms with van der Waals surface area (Å²) in [6, 6.07) is 9.19. The molecule has 0 aliphatic heterocycles. The number of carbonyl (C=O) groups is 2. The molecule has 6 nitrogen and oxygen atoms in total. The zero-order chi connectivity index (χ0) is 23.2. The summed E-state index contributed by atoms with van der Waals surface area (Å²) in [6.45, 7) is 5.55. The highest BCUT2D eigenvalue weighted by Gasteiger charge is 2.18. The maximum absolute atomic E-state index is 12.6. The smallest absolute Gasteiger partial charge is 0.274 e. The van der Waals surface area contributed by atoms with Crippen molar-refractivity contribution in [2.75, 3.05) is 37.5 Å². The average molecular weight is 479 g/mol. The molecular weight excluding hydrogens is 448 g/mol. The molecule has 2 aromatic heterocycles. The van der Waals surface area contributed by atoms with E-state index in [1.165, 1.54) is 11.3 Å². The van der Waals surface area contributed by atoms with Crippen molar-refractivity contribution < 1.29 is 9.59 Å². The SMILES string of the molecule is CN(C(=O)c1cc(N)cn1C)c1ccc2sc(C=O)cc2c1.CNCC(C)(C)SSC. The Morgan fingerprint density at radius 2 is 2.03 bits per heavy atom. The van der Waals surface area contributed by atoms with Gasteiger partial charge in [0.05, 0.1) is 10.6 Å². The predicted molar refractivity (Wildman–Crippen MR) is 139 cm³/mol. The number of nitrogens with zero attached hydrogens (tertiary/aromatic N) is 2. The van der Waals surface area contributed by atoms with Crippen LogP contribution in [-0.4, -0.2) is 48.4 Å². The molecule has 0 fully saturated rings. The van der Waals surface area contributed by atoms with Gasteiger partial charge in [-0.25, -0.2) is 0 Å². The van der Waals surface area contributed by atoms with Gasteiger partial charge in [-0.15, -0.1) is 11.3 Å². The van der Waals surface area contributed by atoms with Crippen LogP contribution in [-0.2, 0) is 7.05 Å². The molecule has 0 atom stereocenters. The summed E-state index contributed by atoms with van der Waals surface area (Å²) in [5.41, 5.74) is 7.58. The first-order valence-corrected chi connectivity index (χ1v) is 13.0. The monoisotopic (exact) mass is 478 g/mol. The molecule has 0 spiro atoms. The number of amides is 1. The third kappa shape index (κ3) is 6.77. The number of hydrogen-bond acceptors (Lipinski definition) is 7. The van der Waals surface area contributed by atoms with E-state index >= 15 is 0 Å². The number of thiophene rings is 1. The zero-order valence-corrected chi connectivity index (χ0v) is 21.2. The highest BCUT2D eigenvalue weighted by atomic mass is 33.1. The Morgan fingerprint density at radius 1 is 1.32 bits per heavy atom. The van der Waals surface area contributed by atoms with Crippen LogP contribution < -0.4 is 16.0 Å². The minimum atomic E-state index is -0.135. The van der Waals surface area contributed by atoms with Gasteiger partial charge in [0.2, 0.25) is 0 Å². The Bertz CT molecular complexity index is 1030. The van der Waals surface area contributed by atoms with Crippen molar-refractivity contribution in [2.45, 2.75) is 18.6 Å². The van der Waals surface area contributed by atoms with Gasteiger partial charge in [-0.2, -0.15) is 0 Å². The topological polar surface area (TPSA) is 80.4 Å². The highest BCUT2D eigenvalue weighted by molar-refractivity contribution is 8.76. The second-order valence-electron chi connectivity index (χ2n) is 7.66. The van der Waals surface area contributed by atoms with E-state index in [1.54, 1.807) is 35.8 Å². The number of nitrogen functional groups attached to an aromatic ring is 1. The molecular formula is C22H30N4O2S3. The van der Waals surface area contributed by atoms with E-state index in [0.29, 0.717) is 21.0 Å². The van der Waals surface area contributed by atoms with Crippen molar-refractivity contribution in [3.8, 4) is 0 Å². The van der Waals surface area contributed by atoms with Gasteiger partial charge in [0.1, 0.15) is 5.69 Å². The van der Waals surface area contributed by atoms with Gasteiger partial charge in [-0.1, -0.05) is 21.6 Å². The summed E-state index contributed by atoms with van der Waals surface area (Å²) >= 11 is 1.44. The van der Waals surface area contributed by atoms with Gasteiger partial charge >= 0.3 is 0 Å². The van der Waals surface area contributed by atoms with Crippen LogP contribution in [0.3, 0.4) is 0 Å². The molecule has 0 unspecified atom stereocenters. The summed E-state index contributed by atoms with van der Waals surface area (Å²) in [5.74, 6) is -0.135. The Morgan fingerprint density at radius 3 is 2.58 bits per heavy atom. The molecule has 0 saturated heterocycles. The number of nitrogens with one attached hydrogen (secondary N) is 1. The number of benzene rings is 1. The summed E-state index contributed by atoms with van der Waals surface area (Å²) in [7, 11) is 9.24. The van der Waals surface area contributed by atoms with Crippen LogP contribution in [0, 0.1) is 0 Å². The Labute approximate surface area is 196 Å². The molecule has 2 heterocycles. The molecule has 9 heteroatoms. The van der Waals surface area contributed by atoms with Crippen molar-refractivity contribution >= 4 is 66.6 Å². The first-order valence-electron chi connectivity index (χ1n) is 9.67. The van der Waals surface area contributed by atoms with Crippen molar-refractivity contribution in [3.63, 3.8) is 0 Å². The number of rotatable bonds is 7. The lowest BCUT2D eigenvalue weighted by Crippen LogP contribution is -2.28. The number of hydrogen-bond donors (Lipinski definition) is 2. The maximum atomic E-state index is 12.6. The molecule has 1 amide bonds. The third-order valence-electron chi connectivity index (χ3n) is 4.48. The summed E-state index contributed by atoms with van der Waals surface area (Å²) in [5, 5.41) is 4.11. The molecule has 0 saturated carbocycles. The van der Waals surface area contributed by atoms with E-state index in [-0.39, 0.29) is 5.91 Å². The quantitative estimate of drug-likeness (QED) is 0.371. The molecule has 31 heavy (non-hydrogen) atoms. The fraction of sp³-hybridized carbons (Fsp3) is 0.364. The highest BCUT2D eigenvalue weighted by Crippen LogP contribution is 2.32. The average Bonchev–Trinajstić information content (AvgIpc) is 3.28. The van der Waals surface area contributed by atoms with Crippen molar-refractivity contribution in [1.82, 2.24) is 9.88 Å². The summed E-state index contributed by atoms with van der Waals surface area (Å²) in [4.78, 5) is 25.7. The van der Waals surface area contributed by atoms with E-state index in [2.05, 4.69) is 25.4 Å². The van der Waals surface area contributed by atoms with Gasteiger partial charge in [-0.05, 0) is 62.9 Å². The van der Waals surface area contributed by atoms with Crippen LogP contribution in [0.1, 0.15) is 34.0 Å². The van der Waals surface area contributed by atoms with E-state index in [4.69, 9.17) is 5.73 Å². The normalized spacial score (nSPS) is 11.2. The molecule has 3 rings (SSSR count). The summed E-state index contributed by atoms with van der Waals surface area (Å²) in [6.07, 6.45) is 4.66. The van der Waals surface area contributed by atoms with E-state index in [0.717, 1.165) is 28.6 Å². The van der Waals surface area contributed by atoms with E-state index in [1.807, 2.05) is 52.9 Å². The van der Waals surface area contributed by atoms with Crippen molar-refractivity contribution in [1.29, 1.82) is 0 Å². The van der Waals surface area contributed by atoms with Crippen molar-refractivity contribution in [3.05, 3.63) is 47.1 Å². The minimum Gasteiger partial charge on any atom is -0.397 e. The van der Waals surface area contributed by atoms with Gasteiger partial charge in [0.15, 0.2) is 6.29 Å². The lowest BCUT2D eigenvalue weighted by molar-refractivity contribution is 0.0985. The fourth-order valence-electron chi connectivity index (χ4n) is 3.09. The van der Waals surface area contributed by atoms with Crippen LogP contribution in [0.15, 0.2) is 36.5 Å². The number of carbonyl (C=O) groups excluding carboxylic acids is 2. The predicted octanol–water partition coefficient (Wildman–Crippen LogP) is 4.91. The number of anilines is 2. The number of aldehydes is 1. The van der Waals surface area contributed by atoms with Crippen LogP contribution >= 0.6 is 32.9 Å². The largest absolute Gasteiger partial charge is 0.397 e. The van der Waals surface area contributed by atoms with Gasteiger partial charge in [0.25, 0.3) is 5.91 Å². The number of aryl methyl sites for hydroxylation is 1. The van der Waals surface area contributed by atoms with Crippen LogP contribution in [0.5, 0.6) is 0 Å². The van der Waals surface area contributed by atoms with Crippen LogP contribution in [0.4, 0.5) is 11.4 Å². The first kappa shape index (κ1) is 25.3. The molecule has 0 bridgehead atoms. The molecule has 168 valence electrons. The molecule has 1 aromatic carbocycles. The van der Waals surface area contributed by atoms with E-state index in [9.17, 15) is 9.59 Å². The summed E-state index contributed by atoms with van der Waals surface area (Å²) < 4.78 is 3.10. The van der Waals surface area contributed by atoms with Gasteiger partial charge in [-0.3, -0.25) is 9.59 Å². The van der Waals surface area contributed by atoms with Gasteiger partial charge < -0.3 is 20.5 Å². The Balaban J connectivity index is 0.000000323. The first-order chi connectivity index (χ1) is 14.6. The Kier molecular flexibility index (Phi) is 9.05. The molecule has 3 aromatic rings. The maximum Gasteiger partial charge on any atom is 0.274 e. The van der Waals surface area contributed by atoms with Gasteiger partial charge in [0, 0.05) is 42.0 Å². The number of aromatic nitrogens is 1. The minimum absolute atomic E-state index is 0.135. The standard InChI is InChI=1S/C16H15N3O2S.C6H15NS2/c1-18-8-11(17)7-14(18)16(21)19(2)12-3-4-15-10(5-12)6-13(9-20)22-15;1-6(2,5-7-3)9-8-4/h3-9H,17H2,1-2H3;7H,5H2,1-4H3. The zero-order valence-electron chi connectivity index (χ0n) is 18.8. The lowest BCUT2D eigenvalue weighted by Gasteiger charge is -2.21. The number of nitrogens with two attached hydrogens (primary N) is 1. The number of fused-ring (bicyclic) bond motifs is 1. The van der Waals surface area contributed by atoms with Crippen molar-refractivity contribution in [2.24, 2.45) is 7.05 Å². The fourth-order valence-corrected chi connectivity index (χ4v) is 6.14. The Hall–Kier alpha value is -1.94. The molecule has 0 aliphatic carbocycles. The third-order valence-corrected chi connectivity index (χ3v) is 8.14. The van der Waals surface area contributed by atoms with Crippen LogP contribution in [0.25, 0.3) is 10.1 Å². The molecule has 3 N–H and O–H groups in total. The second kappa shape index (κ2) is 11.1.